The Kier molecular flexibility index (Phi) is 5.16. The number of halogens is 1. The molecule has 2 rings (SSSR count). The van der Waals surface area contributed by atoms with Crippen LogP contribution in [0.4, 0.5) is 0 Å². The molecule has 1 aromatic carbocycles. The molecule has 0 saturated carbocycles. The summed E-state index contributed by atoms with van der Waals surface area (Å²) in [6.45, 7) is 0.725. The summed E-state index contributed by atoms with van der Waals surface area (Å²) in [4.78, 5) is 24.6. The zero-order valence-electron chi connectivity index (χ0n) is 11.6. The summed E-state index contributed by atoms with van der Waals surface area (Å²) in [5.41, 5.74) is 2.67. The van der Waals surface area contributed by atoms with Gasteiger partial charge in [0, 0.05) is 19.9 Å². The normalized spacial score (nSPS) is 14.2. The van der Waals surface area contributed by atoms with Crippen LogP contribution in [-0.4, -0.2) is 42.6 Å². The molecule has 21 heavy (non-hydrogen) atoms. The molecule has 1 aliphatic rings. The van der Waals surface area contributed by atoms with Crippen LogP contribution < -0.4 is 10.2 Å². The summed E-state index contributed by atoms with van der Waals surface area (Å²) in [7, 11) is 1.66. The van der Waals surface area contributed by atoms with Crippen LogP contribution in [0.1, 0.15) is 12.8 Å². The average Bonchev–Trinajstić information content (AvgIpc) is 2.49. The van der Waals surface area contributed by atoms with E-state index in [2.05, 4.69) is 10.5 Å². The largest absolute Gasteiger partial charge is 0.490 e. The third-order valence-electron chi connectivity index (χ3n) is 3.02. The van der Waals surface area contributed by atoms with Gasteiger partial charge in [-0.25, -0.2) is 5.43 Å². The van der Waals surface area contributed by atoms with Gasteiger partial charge in [-0.1, -0.05) is 23.7 Å². The van der Waals surface area contributed by atoms with Crippen LogP contribution in [0.15, 0.2) is 29.4 Å². The van der Waals surface area contributed by atoms with Gasteiger partial charge >= 0.3 is 0 Å². The first-order valence-electron chi connectivity index (χ1n) is 6.56. The van der Waals surface area contributed by atoms with E-state index in [0.29, 0.717) is 36.1 Å². The Morgan fingerprint density at radius 2 is 2.19 bits per heavy atom. The Morgan fingerprint density at radius 3 is 2.86 bits per heavy atom. The molecule has 1 aliphatic heterocycles. The molecule has 7 heteroatoms. The van der Waals surface area contributed by atoms with Crippen molar-refractivity contribution in [3.63, 3.8) is 0 Å². The molecule has 0 saturated heterocycles. The molecular formula is C14H16ClN3O3. The average molecular weight is 310 g/mol. The van der Waals surface area contributed by atoms with E-state index in [0.717, 1.165) is 0 Å². The van der Waals surface area contributed by atoms with Crippen molar-refractivity contribution in [3.8, 4) is 5.75 Å². The van der Waals surface area contributed by atoms with Crippen LogP contribution in [-0.2, 0) is 9.59 Å². The molecule has 0 aromatic heterocycles. The van der Waals surface area contributed by atoms with Crippen molar-refractivity contribution in [2.24, 2.45) is 5.10 Å². The molecule has 112 valence electrons. The monoisotopic (exact) mass is 309 g/mol. The first-order chi connectivity index (χ1) is 10.1. The lowest BCUT2D eigenvalue weighted by atomic mass is 10.1. The second-order valence-electron chi connectivity index (χ2n) is 4.60. The number of likely N-dealkylation sites (N-methyl/N-ethyl adjacent to an activating group) is 1. The lowest BCUT2D eigenvalue weighted by Gasteiger charge is -2.20. The second kappa shape index (κ2) is 7.08. The minimum atomic E-state index is -0.210. The SMILES string of the molecule is CN(CCOc1ccccc1Cl)C(=O)C1=NNC(=O)CC1. The van der Waals surface area contributed by atoms with E-state index in [1.54, 1.807) is 19.2 Å². The standard InChI is InChI=1S/C14H16ClN3O3/c1-18(14(20)11-6-7-13(19)17-16-11)8-9-21-12-5-3-2-4-10(12)15/h2-5H,6-9H2,1H3,(H,17,19). The highest BCUT2D eigenvalue weighted by Gasteiger charge is 2.21. The van der Waals surface area contributed by atoms with Gasteiger partial charge in [-0.15, -0.1) is 0 Å². The Morgan fingerprint density at radius 1 is 1.43 bits per heavy atom. The molecule has 1 heterocycles. The molecule has 1 N–H and O–H groups in total. The maximum atomic E-state index is 12.1. The van der Waals surface area contributed by atoms with Gasteiger partial charge in [-0.3, -0.25) is 9.59 Å². The number of ether oxygens (including phenoxy) is 1. The number of hydrazone groups is 1. The van der Waals surface area contributed by atoms with E-state index < -0.39 is 0 Å². The first kappa shape index (κ1) is 15.3. The highest BCUT2D eigenvalue weighted by atomic mass is 35.5. The van der Waals surface area contributed by atoms with Crippen molar-refractivity contribution >= 4 is 29.1 Å². The highest BCUT2D eigenvalue weighted by molar-refractivity contribution is 6.39. The van der Waals surface area contributed by atoms with Crippen molar-refractivity contribution in [2.75, 3.05) is 20.2 Å². The van der Waals surface area contributed by atoms with Crippen LogP contribution in [0.2, 0.25) is 5.02 Å². The Bertz CT molecular complexity index is 574. The fourth-order valence-corrected chi connectivity index (χ4v) is 1.99. The van der Waals surface area contributed by atoms with Crippen LogP contribution in [0.5, 0.6) is 5.75 Å². The maximum absolute atomic E-state index is 12.1. The summed E-state index contributed by atoms with van der Waals surface area (Å²) in [6.07, 6.45) is 0.648. The zero-order valence-corrected chi connectivity index (χ0v) is 12.4. The smallest absolute Gasteiger partial charge is 0.269 e. The van der Waals surface area contributed by atoms with Crippen molar-refractivity contribution in [1.29, 1.82) is 0 Å². The van der Waals surface area contributed by atoms with Gasteiger partial charge in [0.2, 0.25) is 5.91 Å². The molecule has 2 amide bonds. The fraction of sp³-hybridized carbons (Fsp3) is 0.357. The first-order valence-corrected chi connectivity index (χ1v) is 6.94. The molecule has 1 aromatic rings. The van der Waals surface area contributed by atoms with Crippen molar-refractivity contribution < 1.29 is 14.3 Å². The number of amides is 2. The Hall–Kier alpha value is -2.08. The molecule has 0 aliphatic carbocycles. The summed E-state index contributed by atoms with van der Waals surface area (Å²) in [5, 5.41) is 4.31. The number of nitrogens with one attached hydrogen (secondary N) is 1. The van der Waals surface area contributed by atoms with Crippen LogP contribution in [0.3, 0.4) is 0 Å². The van der Waals surface area contributed by atoms with Gasteiger partial charge in [0.15, 0.2) is 0 Å². The van der Waals surface area contributed by atoms with E-state index in [-0.39, 0.29) is 18.2 Å². The van der Waals surface area contributed by atoms with Crippen molar-refractivity contribution in [1.82, 2.24) is 10.3 Å². The predicted molar refractivity (Wildman–Crippen MR) is 79.4 cm³/mol. The number of benzene rings is 1. The minimum Gasteiger partial charge on any atom is -0.490 e. The maximum Gasteiger partial charge on any atom is 0.269 e. The van der Waals surface area contributed by atoms with Gasteiger partial charge in [-0.05, 0) is 12.1 Å². The highest BCUT2D eigenvalue weighted by Crippen LogP contribution is 2.22. The lowest BCUT2D eigenvalue weighted by molar-refractivity contribution is -0.123. The third-order valence-corrected chi connectivity index (χ3v) is 3.33. The minimum absolute atomic E-state index is 0.170. The number of carbonyl (C=O) groups is 2. The van der Waals surface area contributed by atoms with Gasteiger partial charge in [0.05, 0.1) is 11.6 Å². The summed E-state index contributed by atoms with van der Waals surface area (Å²) < 4.78 is 5.53. The van der Waals surface area contributed by atoms with E-state index in [1.807, 2.05) is 12.1 Å². The van der Waals surface area contributed by atoms with Gasteiger partial charge < -0.3 is 9.64 Å². The quantitative estimate of drug-likeness (QED) is 0.894. The Labute approximate surface area is 127 Å². The number of rotatable bonds is 5. The zero-order chi connectivity index (χ0) is 15.2. The van der Waals surface area contributed by atoms with Crippen LogP contribution in [0.25, 0.3) is 0 Å². The number of nitrogens with zero attached hydrogens (tertiary/aromatic N) is 2. The molecular weight excluding hydrogens is 294 g/mol. The van der Waals surface area contributed by atoms with Gasteiger partial charge in [-0.2, -0.15) is 5.10 Å². The van der Waals surface area contributed by atoms with E-state index in [1.165, 1.54) is 4.90 Å². The van der Waals surface area contributed by atoms with Crippen molar-refractivity contribution in [2.45, 2.75) is 12.8 Å². The molecule has 0 unspecified atom stereocenters. The number of carbonyl (C=O) groups excluding carboxylic acids is 2. The number of hydrogen-bond donors (Lipinski definition) is 1. The Balaban J connectivity index is 1.82. The van der Waals surface area contributed by atoms with Crippen LogP contribution >= 0.6 is 11.6 Å². The third kappa shape index (κ3) is 4.19. The van der Waals surface area contributed by atoms with Gasteiger partial charge in [0.25, 0.3) is 5.91 Å². The predicted octanol–water partition coefficient (Wildman–Crippen LogP) is 1.44. The molecule has 0 radical (unpaired) electrons. The fourth-order valence-electron chi connectivity index (χ4n) is 1.80. The molecule has 6 nitrogen and oxygen atoms in total. The summed E-state index contributed by atoms with van der Waals surface area (Å²) in [5.74, 6) is 0.205. The van der Waals surface area contributed by atoms with E-state index >= 15 is 0 Å². The molecule has 0 fully saturated rings. The topological polar surface area (TPSA) is 71.0 Å². The summed E-state index contributed by atoms with van der Waals surface area (Å²) >= 11 is 5.97. The lowest BCUT2D eigenvalue weighted by Crippen LogP contribution is -2.39. The number of hydrogen-bond acceptors (Lipinski definition) is 4. The van der Waals surface area contributed by atoms with Crippen molar-refractivity contribution in [3.05, 3.63) is 29.3 Å². The van der Waals surface area contributed by atoms with E-state index in [4.69, 9.17) is 16.3 Å². The number of para-hydroxylation sites is 1. The molecule has 0 spiro atoms. The molecule has 0 atom stereocenters. The van der Waals surface area contributed by atoms with E-state index in [9.17, 15) is 9.59 Å². The molecule has 0 bridgehead atoms. The van der Waals surface area contributed by atoms with Crippen LogP contribution in [0, 0.1) is 0 Å². The van der Waals surface area contributed by atoms with Gasteiger partial charge in [0.1, 0.15) is 18.1 Å². The summed E-state index contributed by atoms with van der Waals surface area (Å²) in [6, 6.07) is 7.16. The second-order valence-corrected chi connectivity index (χ2v) is 5.01.